The predicted molar refractivity (Wildman–Crippen MR) is 72.7 cm³/mol. The van der Waals surface area contributed by atoms with Crippen LogP contribution in [0.15, 0.2) is 29.4 Å². The summed E-state index contributed by atoms with van der Waals surface area (Å²) in [6.45, 7) is 6.56. The molecule has 0 aromatic heterocycles. The normalized spacial score (nSPS) is 11.7. The van der Waals surface area contributed by atoms with Crippen molar-refractivity contribution in [2.45, 2.75) is 26.2 Å². The Hall–Kier alpha value is -1.42. The van der Waals surface area contributed by atoms with Gasteiger partial charge in [0.25, 0.3) is 0 Å². The van der Waals surface area contributed by atoms with Crippen molar-refractivity contribution in [1.82, 2.24) is 5.43 Å². The number of hydrogen-bond acceptors (Lipinski definition) is 2. The van der Waals surface area contributed by atoms with Crippen LogP contribution in [0.3, 0.4) is 0 Å². The number of nitrogens with zero attached hydrogens (tertiary/aromatic N) is 1. The third-order valence-electron chi connectivity index (χ3n) is 2.17. The highest BCUT2D eigenvalue weighted by atomic mass is 32.1. The van der Waals surface area contributed by atoms with Crippen LogP contribution in [-0.4, -0.2) is 11.3 Å². The Morgan fingerprint density at radius 2 is 1.88 bits per heavy atom. The van der Waals surface area contributed by atoms with Crippen LogP contribution in [0.5, 0.6) is 0 Å². The van der Waals surface area contributed by atoms with Crippen LogP contribution in [-0.2, 0) is 5.41 Å². The van der Waals surface area contributed by atoms with Gasteiger partial charge in [-0.1, -0.05) is 45.0 Å². The Kier molecular flexibility index (Phi) is 4.01. The zero-order valence-corrected chi connectivity index (χ0v) is 10.6. The minimum atomic E-state index is 0.169. The van der Waals surface area contributed by atoms with Crippen molar-refractivity contribution in [1.29, 1.82) is 0 Å². The fraction of sp³-hybridized carbons (Fsp3) is 0.333. The van der Waals surface area contributed by atoms with E-state index >= 15 is 0 Å². The molecule has 3 nitrogen and oxygen atoms in total. The molecule has 0 atom stereocenters. The molecule has 0 aliphatic heterocycles. The molecule has 86 valence electrons. The van der Waals surface area contributed by atoms with Crippen molar-refractivity contribution in [3.8, 4) is 0 Å². The summed E-state index contributed by atoms with van der Waals surface area (Å²) in [6.07, 6.45) is 1.69. The lowest BCUT2D eigenvalue weighted by atomic mass is 9.87. The number of benzene rings is 1. The molecule has 0 saturated heterocycles. The third kappa shape index (κ3) is 3.98. The van der Waals surface area contributed by atoms with Gasteiger partial charge >= 0.3 is 0 Å². The Bertz CT molecular complexity index is 388. The number of thiocarbonyl (C=S) groups is 1. The number of hydrogen-bond donors (Lipinski definition) is 2. The lowest BCUT2D eigenvalue weighted by molar-refractivity contribution is 0.590. The summed E-state index contributed by atoms with van der Waals surface area (Å²) in [5.74, 6) is 0. The first kappa shape index (κ1) is 12.6. The van der Waals surface area contributed by atoms with Gasteiger partial charge in [0.15, 0.2) is 5.11 Å². The van der Waals surface area contributed by atoms with Gasteiger partial charge in [0, 0.05) is 0 Å². The molecule has 0 radical (unpaired) electrons. The van der Waals surface area contributed by atoms with E-state index in [1.807, 2.05) is 12.1 Å². The lowest BCUT2D eigenvalue weighted by Gasteiger charge is -2.18. The Balaban J connectivity index is 2.72. The van der Waals surface area contributed by atoms with Gasteiger partial charge in [-0.15, -0.1) is 0 Å². The number of nitrogens with one attached hydrogen (secondary N) is 1. The van der Waals surface area contributed by atoms with Crippen LogP contribution in [0.4, 0.5) is 0 Å². The molecule has 0 aliphatic rings. The molecule has 1 aromatic carbocycles. The minimum Gasteiger partial charge on any atom is -0.375 e. The summed E-state index contributed by atoms with van der Waals surface area (Å²) in [6, 6.07) is 8.24. The summed E-state index contributed by atoms with van der Waals surface area (Å²) in [4.78, 5) is 0. The van der Waals surface area contributed by atoms with Gasteiger partial charge in [0.1, 0.15) is 0 Å². The third-order valence-corrected chi connectivity index (χ3v) is 2.26. The van der Waals surface area contributed by atoms with Crippen LogP contribution >= 0.6 is 12.2 Å². The summed E-state index contributed by atoms with van der Waals surface area (Å²) in [7, 11) is 0. The highest BCUT2D eigenvalue weighted by Crippen LogP contribution is 2.21. The van der Waals surface area contributed by atoms with Crippen LogP contribution in [0.2, 0.25) is 0 Å². The number of nitrogens with two attached hydrogens (primary N) is 1. The number of hydrazone groups is 1. The summed E-state index contributed by atoms with van der Waals surface area (Å²) < 4.78 is 0. The monoisotopic (exact) mass is 235 g/mol. The highest BCUT2D eigenvalue weighted by molar-refractivity contribution is 7.80. The van der Waals surface area contributed by atoms with Crippen molar-refractivity contribution in [2.75, 3.05) is 0 Å². The second kappa shape index (κ2) is 5.07. The molecule has 0 fully saturated rings. The van der Waals surface area contributed by atoms with E-state index in [-0.39, 0.29) is 10.5 Å². The van der Waals surface area contributed by atoms with Gasteiger partial charge < -0.3 is 5.73 Å². The van der Waals surface area contributed by atoms with Gasteiger partial charge in [-0.05, 0) is 28.8 Å². The SMILES string of the molecule is CC(C)(C)c1ccc(/C=N\NC(N)=S)cc1. The van der Waals surface area contributed by atoms with Crippen molar-refractivity contribution in [3.63, 3.8) is 0 Å². The van der Waals surface area contributed by atoms with E-state index < -0.39 is 0 Å². The minimum absolute atomic E-state index is 0.169. The Morgan fingerprint density at radius 1 is 1.31 bits per heavy atom. The largest absolute Gasteiger partial charge is 0.375 e. The van der Waals surface area contributed by atoms with Crippen LogP contribution in [0, 0.1) is 0 Å². The van der Waals surface area contributed by atoms with Gasteiger partial charge in [0.2, 0.25) is 0 Å². The molecule has 1 rings (SSSR count). The zero-order valence-electron chi connectivity index (χ0n) is 9.82. The summed E-state index contributed by atoms with van der Waals surface area (Å²) in [5, 5.41) is 4.06. The summed E-state index contributed by atoms with van der Waals surface area (Å²) >= 11 is 4.63. The molecule has 0 saturated carbocycles. The Morgan fingerprint density at radius 3 is 2.31 bits per heavy atom. The average molecular weight is 235 g/mol. The second-order valence-corrected chi connectivity index (χ2v) is 5.05. The van der Waals surface area contributed by atoms with Gasteiger partial charge in [0.05, 0.1) is 6.21 Å². The van der Waals surface area contributed by atoms with Gasteiger partial charge in [-0.25, -0.2) is 0 Å². The Labute approximate surface area is 102 Å². The fourth-order valence-corrected chi connectivity index (χ4v) is 1.29. The second-order valence-electron chi connectivity index (χ2n) is 4.61. The first-order valence-corrected chi connectivity index (χ1v) is 5.49. The number of rotatable bonds is 2. The van der Waals surface area contributed by atoms with Crippen LogP contribution < -0.4 is 11.2 Å². The molecular weight excluding hydrogens is 218 g/mol. The van der Waals surface area contributed by atoms with Crippen molar-refractivity contribution in [2.24, 2.45) is 10.8 Å². The molecule has 0 heterocycles. The van der Waals surface area contributed by atoms with Crippen molar-refractivity contribution < 1.29 is 0 Å². The molecule has 1 aromatic rings. The van der Waals surface area contributed by atoms with E-state index in [0.29, 0.717) is 0 Å². The maximum Gasteiger partial charge on any atom is 0.184 e. The topological polar surface area (TPSA) is 50.4 Å². The quantitative estimate of drug-likeness (QED) is 0.469. The molecule has 0 spiro atoms. The molecular formula is C12H17N3S. The average Bonchev–Trinajstić information content (AvgIpc) is 2.16. The predicted octanol–water partition coefficient (Wildman–Crippen LogP) is 2.15. The van der Waals surface area contributed by atoms with E-state index in [2.05, 4.69) is 55.6 Å². The smallest absolute Gasteiger partial charge is 0.184 e. The first-order chi connectivity index (χ1) is 7.39. The molecule has 0 amide bonds. The van der Waals surface area contributed by atoms with Gasteiger partial charge in [-0.2, -0.15) is 5.10 Å². The fourth-order valence-electron chi connectivity index (χ4n) is 1.24. The van der Waals surface area contributed by atoms with Gasteiger partial charge in [-0.3, -0.25) is 5.43 Å². The van der Waals surface area contributed by atoms with Crippen LogP contribution in [0.1, 0.15) is 31.9 Å². The van der Waals surface area contributed by atoms with Crippen molar-refractivity contribution in [3.05, 3.63) is 35.4 Å². The maximum absolute atomic E-state index is 5.24. The molecule has 0 unspecified atom stereocenters. The van der Waals surface area contributed by atoms with E-state index in [1.165, 1.54) is 5.56 Å². The van der Waals surface area contributed by atoms with Crippen LogP contribution in [0.25, 0.3) is 0 Å². The first-order valence-electron chi connectivity index (χ1n) is 5.08. The molecule has 0 bridgehead atoms. The molecule has 3 N–H and O–H groups in total. The maximum atomic E-state index is 5.24. The lowest BCUT2D eigenvalue weighted by Crippen LogP contribution is -2.23. The van der Waals surface area contributed by atoms with E-state index in [9.17, 15) is 0 Å². The van der Waals surface area contributed by atoms with E-state index in [1.54, 1.807) is 6.21 Å². The van der Waals surface area contributed by atoms with Crippen molar-refractivity contribution >= 4 is 23.5 Å². The molecule has 4 heteroatoms. The van der Waals surface area contributed by atoms with E-state index in [4.69, 9.17) is 5.73 Å². The van der Waals surface area contributed by atoms with E-state index in [0.717, 1.165) is 5.56 Å². The zero-order chi connectivity index (χ0) is 12.2. The standard InChI is InChI=1S/C12H17N3S/c1-12(2,3)10-6-4-9(5-7-10)8-14-15-11(13)16/h4-8H,1-3H3,(H3,13,15,16)/b14-8-. The molecule has 16 heavy (non-hydrogen) atoms. The highest BCUT2D eigenvalue weighted by Gasteiger charge is 2.12. The summed E-state index contributed by atoms with van der Waals surface area (Å²) in [5.41, 5.74) is 10.2. The molecule has 0 aliphatic carbocycles.